The SMILES string of the molecule is O=C(O)c1ccc(CNc2cc(F)cc(Cl)c2)cc1. The predicted octanol–water partition coefficient (Wildman–Crippen LogP) is 3.79. The van der Waals surface area contributed by atoms with Crippen molar-refractivity contribution in [3.8, 4) is 0 Å². The molecule has 0 aliphatic rings. The summed E-state index contributed by atoms with van der Waals surface area (Å²) in [6.07, 6.45) is 0. The van der Waals surface area contributed by atoms with Crippen molar-refractivity contribution >= 4 is 23.3 Å². The van der Waals surface area contributed by atoms with Gasteiger partial charge in [0.05, 0.1) is 5.56 Å². The third-order valence-electron chi connectivity index (χ3n) is 2.56. The lowest BCUT2D eigenvalue weighted by molar-refractivity contribution is 0.0697. The molecule has 0 radical (unpaired) electrons. The number of aromatic carboxylic acids is 1. The summed E-state index contributed by atoms with van der Waals surface area (Å²) in [5.74, 6) is -1.37. The summed E-state index contributed by atoms with van der Waals surface area (Å²) < 4.78 is 13.1. The molecule has 2 rings (SSSR count). The fourth-order valence-corrected chi connectivity index (χ4v) is 1.85. The maximum Gasteiger partial charge on any atom is 0.335 e. The van der Waals surface area contributed by atoms with Gasteiger partial charge < -0.3 is 10.4 Å². The van der Waals surface area contributed by atoms with E-state index in [9.17, 15) is 9.18 Å². The highest BCUT2D eigenvalue weighted by molar-refractivity contribution is 6.30. The quantitative estimate of drug-likeness (QED) is 0.895. The normalized spacial score (nSPS) is 10.2. The molecule has 98 valence electrons. The van der Waals surface area contributed by atoms with Crippen LogP contribution in [0.4, 0.5) is 10.1 Å². The zero-order chi connectivity index (χ0) is 13.8. The molecular formula is C14H11ClFNO2. The van der Waals surface area contributed by atoms with Crippen LogP contribution in [0.3, 0.4) is 0 Å². The molecule has 2 aromatic carbocycles. The number of carboxylic acid groups (broad SMARTS) is 1. The van der Waals surface area contributed by atoms with Crippen LogP contribution in [0, 0.1) is 5.82 Å². The molecule has 0 fully saturated rings. The summed E-state index contributed by atoms with van der Waals surface area (Å²) in [7, 11) is 0. The number of anilines is 1. The lowest BCUT2D eigenvalue weighted by atomic mass is 10.1. The first-order valence-electron chi connectivity index (χ1n) is 5.57. The van der Waals surface area contributed by atoms with E-state index in [-0.39, 0.29) is 5.56 Å². The molecule has 0 amide bonds. The average molecular weight is 280 g/mol. The Hall–Kier alpha value is -2.07. The highest BCUT2D eigenvalue weighted by atomic mass is 35.5. The number of nitrogens with one attached hydrogen (secondary N) is 1. The number of rotatable bonds is 4. The molecule has 0 aliphatic heterocycles. The Morgan fingerprint density at radius 3 is 2.47 bits per heavy atom. The van der Waals surface area contributed by atoms with E-state index < -0.39 is 11.8 Å². The van der Waals surface area contributed by atoms with E-state index >= 15 is 0 Å². The summed E-state index contributed by atoms with van der Waals surface area (Å²) in [5.41, 5.74) is 1.70. The number of hydrogen-bond acceptors (Lipinski definition) is 2. The highest BCUT2D eigenvalue weighted by Crippen LogP contribution is 2.18. The van der Waals surface area contributed by atoms with Gasteiger partial charge in [-0.1, -0.05) is 23.7 Å². The molecule has 0 saturated heterocycles. The summed E-state index contributed by atoms with van der Waals surface area (Å²) in [6.45, 7) is 0.458. The maximum atomic E-state index is 13.1. The standard InChI is InChI=1S/C14H11ClFNO2/c15-11-5-12(16)7-13(6-11)17-8-9-1-3-10(4-2-9)14(18)19/h1-7,17H,8H2,(H,18,19). The van der Waals surface area contributed by atoms with Crippen LogP contribution in [0.5, 0.6) is 0 Å². The van der Waals surface area contributed by atoms with Gasteiger partial charge in [-0.3, -0.25) is 0 Å². The summed E-state index contributed by atoms with van der Waals surface area (Å²) >= 11 is 5.74. The van der Waals surface area contributed by atoms with E-state index in [2.05, 4.69) is 5.32 Å². The molecule has 0 saturated carbocycles. The van der Waals surface area contributed by atoms with Crippen molar-refractivity contribution in [2.75, 3.05) is 5.32 Å². The van der Waals surface area contributed by atoms with Crippen LogP contribution >= 0.6 is 11.6 Å². The van der Waals surface area contributed by atoms with E-state index in [1.54, 1.807) is 18.2 Å². The van der Waals surface area contributed by atoms with E-state index in [1.807, 2.05) is 0 Å². The third kappa shape index (κ3) is 3.69. The van der Waals surface area contributed by atoms with Crippen LogP contribution in [0.1, 0.15) is 15.9 Å². The van der Waals surface area contributed by atoms with Crippen LogP contribution in [0.25, 0.3) is 0 Å². The molecule has 5 heteroatoms. The molecule has 0 spiro atoms. The van der Waals surface area contributed by atoms with Crippen LogP contribution in [0.2, 0.25) is 5.02 Å². The van der Waals surface area contributed by atoms with Crippen molar-refractivity contribution < 1.29 is 14.3 Å². The van der Waals surface area contributed by atoms with Crippen molar-refractivity contribution in [3.63, 3.8) is 0 Å². The topological polar surface area (TPSA) is 49.3 Å². The van der Waals surface area contributed by atoms with Gasteiger partial charge in [0.1, 0.15) is 5.82 Å². The molecule has 2 N–H and O–H groups in total. The summed E-state index contributed by atoms with van der Waals surface area (Å²) in [6, 6.07) is 10.7. The summed E-state index contributed by atoms with van der Waals surface area (Å²) in [4.78, 5) is 10.7. The Labute approximate surface area is 114 Å². The number of carbonyl (C=O) groups is 1. The van der Waals surface area contributed by atoms with Crippen LogP contribution in [-0.2, 0) is 6.54 Å². The van der Waals surface area contributed by atoms with Crippen molar-refractivity contribution in [1.29, 1.82) is 0 Å². The Morgan fingerprint density at radius 1 is 1.21 bits per heavy atom. The maximum absolute atomic E-state index is 13.1. The smallest absolute Gasteiger partial charge is 0.335 e. The number of benzene rings is 2. The van der Waals surface area contributed by atoms with Crippen LogP contribution in [0.15, 0.2) is 42.5 Å². The Bertz CT molecular complexity index is 579. The second-order valence-corrected chi connectivity index (χ2v) is 4.45. The molecule has 3 nitrogen and oxygen atoms in total. The minimum absolute atomic E-state index is 0.234. The first-order chi connectivity index (χ1) is 9.04. The van der Waals surface area contributed by atoms with Gasteiger partial charge in [-0.05, 0) is 35.9 Å². The van der Waals surface area contributed by atoms with Gasteiger partial charge in [-0.15, -0.1) is 0 Å². The fraction of sp³-hybridized carbons (Fsp3) is 0.0714. The minimum Gasteiger partial charge on any atom is -0.478 e. The molecule has 2 aromatic rings. The fourth-order valence-electron chi connectivity index (χ4n) is 1.63. The largest absolute Gasteiger partial charge is 0.478 e. The molecule has 0 bridgehead atoms. The molecule has 0 aromatic heterocycles. The molecule has 0 aliphatic carbocycles. The highest BCUT2D eigenvalue weighted by Gasteiger charge is 2.02. The van der Waals surface area contributed by atoms with E-state index in [1.165, 1.54) is 24.3 Å². The number of halogens is 2. The Kier molecular flexibility index (Phi) is 4.02. The van der Waals surface area contributed by atoms with Crippen LogP contribution in [-0.4, -0.2) is 11.1 Å². The first kappa shape index (κ1) is 13.4. The van der Waals surface area contributed by atoms with Crippen molar-refractivity contribution in [1.82, 2.24) is 0 Å². The van der Waals surface area contributed by atoms with Crippen molar-refractivity contribution in [2.24, 2.45) is 0 Å². The van der Waals surface area contributed by atoms with Crippen LogP contribution < -0.4 is 5.32 Å². The van der Waals surface area contributed by atoms with Gasteiger partial charge >= 0.3 is 5.97 Å². The molecule has 0 atom stereocenters. The Balaban J connectivity index is 2.03. The average Bonchev–Trinajstić information content (AvgIpc) is 2.36. The molecular weight excluding hydrogens is 269 g/mol. The zero-order valence-electron chi connectivity index (χ0n) is 9.86. The van der Waals surface area contributed by atoms with Gasteiger partial charge in [0.25, 0.3) is 0 Å². The van der Waals surface area contributed by atoms with Gasteiger partial charge in [-0.25, -0.2) is 9.18 Å². The number of carboxylic acids is 1. The van der Waals surface area contributed by atoms with Gasteiger partial charge in [-0.2, -0.15) is 0 Å². The lowest BCUT2D eigenvalue weighted by Gasteiger charge is -2.07. The first-order valence-corrected chi connectivity index (χ1v) is 5.94. The van der Waals surface area contributed by atoms with Gasteiger partial charge in [0.15, 0.2) is 0 Å². The Morgan fingerprint density at radius 2 is 1.89 bits per heavy atom. The van der Waals surface area contributed by atoms with E-state index in [0.717, 1.165) is 5.56 Å². The third-order valence-corrected chi connectivity index (χ3v) is 2.78. The second-order valence-electron chi connectivity index (χ2n) is 4.01. The monoisotopic (exact) mass is 279 g/mol. The zero-order valence-corrected chi connectivity index (χ0v) is 10.6. The van der Waals surface area contributed by atoms with E-state index in [4.69, 9.17) is 16.7 Å². The number of hydrogen-bond donors (Lipinski definition) is 2. The van der Waals surface area contributed by atoms with Crippen molar-refractivity contribution in [3.05, 3.63) is 64.4 Å². The minimum atomic E-state index is -0.962. The lowest BCUT2D eigenvalue weighted by Crippen LogP contribution is -2.01. The second kappa shape index (κ2) is 5.71. The predicted molar refractivity (Wildman–Crippen MR) is 72.1 cm³/mol. The molecule has 0 heterocycles. The van der Waals surface area contributed by atoms with E-state index in [0.29, 0.717) is 17.3 Å². The van der Waals surface area contributed by atoms with Gasteiger partial charge in [0.2, 0.25) is 0 Å². The van der Waals surface area contributed by atoms with Gasteiger partial charge in [0, 0.05) is 17.3 Å². The summed E-state index contributed by atoms with van der Waals surface area (Å²) in [5, 5.41) is 12.1. The molecule has 0 unspecified atom stereocenters. The molecule has 19 heavy (non-hydrogen) atoms. The van der Waals surface area contributed by atoms with Crippen molar-refractivity contribution in [2.45, 2.75) is 6.54 Å².